The molecular weight excluding hydrogens is 294 g/mol. The molecule has 1 atom stereocenters. The Morgan fingerprint density at radius 3 is 2.75 bits per heavy atom. The van der Waals surface area contributed by atoms with Crippen molar-refractivity contribution in [2.45, 2.75) is 38.6 Å². The fourth-order valence-corrected chi connectivity index (χ4v) is 4.85. The van der Waals surface area contributed by atoms with Crippen molar-refractivity contribution >= 4 is 21.6 Å². The molecule has 0 aliphatic carbocycles. The quantitative estimate of drug-likeness (QED) is 0.595. The van der Waals surface area contributed by atoms with Gasteiger partial charge in [-0.3, -0.25) is 0 Å². The molecule has 1 aliphatic rings. The van der Waals surface area contributed by atoms with E-state index >= 15 is 0 Å². The van der Waals surface area contributed by atoms with Gasteiger partial charge in [-0.2, -0.15) is 4.31 Å². The minimum Gasteiger partial charge on any atom is -0.212 e. The summed E-state index contributed by atoms with van der Waals surface area (Å²) < 4.78 is 26.7. The standard InChI is InChI=1S/C15H22ClNO2S/c1-13-7-2-3-8-14(13)15-9-6-11-17(15)20(18,19)12-5-4-10-16/h2-3,7-8,15H,4-6,9-12H2,1H3. The van der Waals surface area contributed by atoms with Crippen molar-refractivity contribution in [2.75, 3.05) is 18.2 Å². The lowest BCUT2D eigenvalue weighted by atomic mass is 10.0. The van der Waals surface area contributed by atoms with Crippen LogP contribution >= 0.6 is 11.6 Å². The van der Waals surface area contributed by atoms with Crippen LogP contribution in [0.4, 0.5) is 0 Å². The first-order valence-corrected chi connectivity index (χ1v) is 9.31. The van der Waals surface area contributed by atoms with Gasteiger partial charge >= 0.3 is 0 Å². The molecular formula is C15H22ClNO2S. The van der Waals surface area contributed by atoms with Gasteiger partial charge in [-0.25, -0.2) is 8.42 Å². The fourth-order valence-electron chi connectivity index (χ4n) is 2.84. The Balaban J connectivity index is 2.17. The first-order chi connectivity index (χ1) is 9.56. The zero-order valence-corrected chi connectivity index (χ0v) is 13.5. The zero-order valence-electron chi connectivity index (χ0n) is 11.9. The van der Waals surface area contributed by atoms with Crippen molar-refractivity contribution in [2.24, 2.45) is 0 Å². The second kappa shape index (κ2) is 6.92. The third-order valence-electron chi connectivity index (χ3n) is 3.89. The third kappa shape index (κ3) is 3.54. The van der Waals surface area contributed by atoms with Crippen LogP contribution in [0.25, 0.3) is 0 Å². The third-order valence-corrected chi connectivity index (χ3v) is 6.12. The second-order valence-corrected chi connectivity index (χ2v) is 7.76. The van der Waals surface area contributed by atoms with Gasteiger partial charge in [-0.05, 0) is 43.7 Å². The Labute approximate surface area is 127 Å². The van der Waals surface area contributed by atoms with Gasteiger partial charge in [0.05, 0.1) is 5.75 Å². The fraction of sp³-hybridized carbons (Fsp3) is 0.600. The van der Waals surface area contributed by atoms with E-state index in [2.05, 4.69) is 0 Å². The van der Waals surface area contributed by atoms with Crippen LogP contribution in [0, 0.1) is 6.92 Å². The number of rotatable bonds is 6. The van der Waals surface area contributed by atoms with Crippen LogP contribution in [0.3, 0.4) is 0 Å². The van der Waals surface area contributed by atoms with E-state index in [1.807, 2.05) is 31.2 Å². The number of benzene rings is 1. The molecule has 0 amide bonds. The summed E-state index contributed by atoms with van der Waals surface area (Å²) >= 11 is 5.63. The molecule has 0 aromatic heterocycles. The predicted octanol–water partition coefficient (Wildman–Crippen LogP) is 3.48. The van der Waals surface area contributed by atoms with Crippen molar-refractivity contribution < 1.29 is 8.42 Å². The van der Waals surface area contributed by atoms with Crippen molar-refractivity contribution in [3.05, 3.63) is 35.4 Å². The Morgan fingerprint density at radius 1 is 1.30 bits per heavy atom. The van der Waals surface area contributed by atoms with Gasteiger partial charge < -0.3 is 0 Å². The SMILES string of the molecule is Cc1ccccc1C1CCCN1S(=O)(=O)CCCCCl. The van der Waals surface area contributed by atoms with Gasteiger partial charge in [0.15, 0.2) is 0 Å². The Bertz CT molecular complexity index is 545. The van der Waals surface area contributed by atoms with Crippen LogP contribution in [0.1, 0.15) is 42.9 Å². The van der Waals surface area contributed by atoms with Gasteiger partial charge in [0.1, 0.15) is 0 Å². The summed E-state index contributed by atoms with van der Waals surface area (Å²) in [7, 11) is -3.17. The minimum absolute atomic E-state index is 0.0113. The molecule has 1 aromatic rings. The summed E-state index contributed by atoms with van der Waals surface area (Å²) in [4.78, 5) is 0. The molecule has 112 valence electrons. The molecule has 0 N–H and O–H groups in total. The number of alkyl halides is 1. The van der Waals surface area contributed by atoms with E-state index in [1.54, 1.807) is 4.31 Å². The predicted molar refractivity (Wildman–Crippen MR) is 83.6 cm³/mol. The molecule has 2 rings (SSSR count). The van der Waals surface area contributed by atoms with Crippen LogP contribution in [0.15, 0.2) is 24.3 Å². The number of sulfonamides is 1. The maximum Gasteiger partial charge on any atom is 0.214 e. The highest BCUT2D eigenvalue weighted by molar-refractivity contribution is 7.89. The van der Waals surface area contributed by atoms with Crippen LogP contribution in [-0.4, -0.2) is 30.9 Å². The largest absolute Gasteiger partial charge is 0.214 e. The molecule has 1 fully saturated rings. The summed E-state index contributed by atoms with van der Waals surface area (Å²) in [6.07, 6.45) is 3.25. The summed E-state index contributed by atoms with van der Waals surface area (Å²) in [5.41, 5.74) is 2.31. The lowest BCUT2D eigenvalue weighted by Crippen LogP contribution is -2.33. The van der Waals surface area contributed by atoms with Crippen LogP contribution < -0.4 is 0 Å². The molecule has 1 saturated heterocycles. The number of halogens is 1. The zero-order chi connectivity index (χ0) is 14.6. The van der Waals surface area contributed by atoms with E-state index in [9.17, 15) is 8.42 Å². The van der Waals surface area contributed by atoms with Crippen LogP contribution in [-0.2, 0) is 10.0 Å². The maximum absolute atomic E-state index is 12.5. The van der Waals surface area contributed by atoms with E-state index in [0.29, 0.717) is 18.8 Å². The number of nitrogens with zero attached hydrogens (tertiary/aromatic N) is 1. The highest BCUT2D eigenvalue weighted by Crippen LogP contribution is 2.35. The molecule has 3 nitrogen and oxygen atoms in total. The summed E-state index contributed by atoms with van der Waals surface area (Å²) in [5, 5.41) is 0. The van der Waals surface area contributed by atoms with Crippen LogP contribution in [0.2, 0.25) is 0 Å². The molecule has 1 aromatic carbocycles. The van der Waals surface area contributed by atoms with Gasteiger partial charge in [0.2, 0.25) is 10.0 Å². The topological polar surface area (TPSA) is 37.4 Å². The van der Waals surface area contributed by atoms with Gasteiger partial charge in [0.25, 0.3) is 0 Å². The van der Waals surface area contributed by atoms with Gasteiger partial charge in [-0.1, -0.05) is 24.3 Å². The molecule has 5 heteroatoms. The molecule has 0 radical (unpaired) electrons. The minimum atomic E-state index is -3.17. The number of hydrogen-bond acceptors (Lipinski definition) is 2. The molecule has 1 heterocycles. The van der Waals surface area contributed by atoms with E-state index in [0.717, 1.165) is 24.8 Å². The second-order valence-electron chi connectivity index (χ2n) is 5.34. The Morgan fingerprint density at radius 2 is 2.05 bits per heavy atom. The smallest absolute Gasteiger partial charge is 0.212 e. The summed E-state index contributed by atoms with van der Waals surface area (Å²) in [5.74, 6) is 0.735. The van der Waals surface area contributed by atoms with Gasteiger partial charge in [-0.15, -0.1) is 11.6 Å². The first-order valence-electron chi connectivity index (χ1n) is 7.17. The number of aryl methyl sites for hydroxylation is 1. The van der Waals surface area contributed by atoms with Crippen LogP contribution in [0.5, 0.6) is 0 Å². The average molecular weight is 316 g/mol. The monoisotopic (exact) mass is 315 g/mol. The molecule has 0 spiro atoms. The summed E-state index contributed by atoms with van der Waals surface area (Å²) in [6.45, 7) is 2.69. The van der Waals surface area contributed by atoms with Crippen molar-refractivity contribution in [3.63, 3.8) is 0 Å². The first kappa shape index (κ1) is 15.8. The number of hydrogen-bond donors (Lipinski definition) is 0. The van der Waals surface area contributed by atoms with Crippen molar-refractivity contribution in [1.29, 1.82) is 0 Å². The normalized spacial score (nSPS) is 20.4. The van der Waals surface area contributed by atoms with Crippen molar-refractivity contribution in [3.8, 4) is 0 Å². The molecule has 1 aliphatic heterocycles. The highest BCUT2D eigenvalue weighted by atomic mass is 35.5. The molecule has 0 saturated carbocycles. The highest BCUT2D eigenvalue weighted by Gasteiger charge is 2.35. The van der Waals surface area contributed by atoms with E-state index in [-0.39, 0.29) is 11.8 Å². The average Bonchev–Trinajstić information content (AvgIpc) is 2.89. The maximum atomic E-state index is 12.5. The molecule has 1 unspecified atom stereocenters. The Kier molecular flexibility index (Phi) is 5.47. The summed E-state index contributed by atoms with van der Waals surface area (Å²) in [6, 6.07) is 8.09. The number of unbranched alkanes of at least 4 members (excludes halogenated alkanes) is 1. The molecule has 0 bridgehead atoms. The lowest BCUT2D eigenvalue weighted by molar-refractivity contribution is 0.395. The molecule has 20 heavy (non-hydrogen) atoms. The van der Waals surface area contributed by atoms with Crippen molar-refractivity contribution in [1.82, 2.24) is 4.31 Å². The van der Waals surface area contributed by atoms with E-state index in [1.165, 1.54) is 5.56 Å². The van der Waals surface area contributed by atoms with E-state index < -0.39 is 10.0 Å². The lowest BCUT2D eigenvalue weighted by Gasteiger charge is -2.25. The Hall–Kier alpha value is -0.580. The van der Waals surface area contributed by atoms with Gasteiger partial charge in [0, 0.05) is 18.5 Å². The van der Waals surface area contributed by atoms with E-state index in [4.69, 9.17) is 11.6 Å².